The summed E-state index contributed by atoms with van der Waals surface area (Å²) in [6, 6.07) is 2.02. The van der Waals surface area contributed by atoms with Crippen LogP contribution >= 0.6 is 11.3 Å². The third kappa shape index (κ3) is 2.16. The third-order valence-electron chi connectivity index (χ3n) is 2.04. The van der Waals surface area contributed by atoms with Crippen molar-refractivity contribution in [2.24, 2.45) is 0 Å². The van der Waals surface area contributed by atoms with Crippen molar-refractivity contribution in [1.29, 1.82) is 5.26 Å². The van der Waals surface area contributed by atoms with Gasteiger partial charge < -0.3 is 0 Å². The van der Waals surface area contributed by atoms with Crippen molar-refractivity contribution in [2.45, 2.75) is 25.0 Å². The van der Waals surface area contributed by atoms with Crippen molar-refractivity contribution in [2.75, 3.05) is 5.75 Å². The second-order valence-corrected chi connectivity index (χ2v) is 5.98. The Morgan fingerprint density at radius 2 is 2.20 bits per heavy atom. The van der Waals surface area contributed by atoms with E-state index in [0.717, 1.165) is 0 Å². The molecule has 1 unspecified atom stereocenters. The fourth-order valence-electron chi connectivity index (χ4n) is 1.29. The van der Waals surface area contributed by atoms with Crippen LogP contribution in [0.3, 0.4) is 0 Å². The average Bonchev–Trinajstić information content (AvgIpc) is 2.54. The Hall–Kier alpha value is -0.990. The summed E-state index contributed by atoms with van der Waals surface area (Å²) in [6.07, 6.45) is 0. The second-order valence-electron chi connectivity index (χ2n) is 3.02. The molecule has 0 spiro atoms. The molecule has 0 N–H and O–H groups in total. The van der Waals surface area contributed by atoms with Gasteiger partial charge in [-0.3, -0.25) is 9.00 Å². The van der Waals surface area contributed by atoms with Gasteiger partial charge in [0, 0.05) is 11.3 Å². The van der Waals surface area contributed by atoms with Crippen LogP contribution in [-0.4, -0.2) is 15.7 Å². The van der Waals surface area contributed by atoms with Gasteiger partial charge in [-0.1, -0.05) is 6.92 Å². The molecule has 5 heteroatoms. The van der Waals surface area contributed by atoms with Crippen LogP contribution in [0.4, 0.5) is 0 Å². The molecule has 0 aliphatic heterocycles. The van der Waals surface area contributed by atoms with Crippen molar-refractivity contribution < 1.29 is 9.00 Å². The van der Waals surface area contributed by atoms with E-state index in [9.17, 15) is 9.00 Å². The highest BCUT2D eigenvalue weighted by Crippen LogP contribution is 2.30. The molecule has 0 aliphatic rings. The van der Waals surface area contributed by atoms with Crippen LogP contribution < -0.4 is 0 Å². The first kappa shape index (κ1) is 12.1. The lowest BCUT2D eigenvalue weighted by atomic mass is 10.1. The fraction of sp³-hybridized carbons (Fsp3) is 0.400. The summed E-state index contributed by atoms with van der Waals surface area (Å²) in [6.45, 7) is 4.95. The third-order valence-corrected chi connectivity index (χ3v) is 4.98. The van der Waals surface area contributed by atoms with Crippen molar-refractivity contribution in [3.63, 3.8) is 0 Å². The van der Waals surface area contributed by atoms with Crippen molar-refractivity contribution in [3.8, 4) is 6.07 Å². The van der Waals surface area contributed by atoms with Crippen LogP contribution in [-0.2, 0) is 10.8 Å². The summed E-state index contributed by atoms with van der Waals surface area (Å²) in [5.41, 5.74) is 1.13. The highest BCUT2D eigenvalue weighted by Gasteiger charge is 2.21. The van der Waals surface area contributed by atoms with E-state index in [4.69, 9.17) is 5.26 Å². The van der Waals surface area contributed by atoms with Crippen LogP contribution in [0.5, 0.6) is 0 Å². The summed E-state index contributed by atoms with van der Waals surface area (Å²) in [5, 5.41) is 8.84. The number of ketones is 1. The monoisotopic (exact) mass is 241 g/mol. The van der Waals surface area contributed by atoms with Crippen molar-refractivity contribution in [3.05, 3.63) is 16.0 Å². The average molecular weight is 241 g/mol. The van der Waals surface area contributed by atoms with E-state index in [1.807, 2.05) is 6.07 Å². The number of Topliss-reactive ketones (excluding diaryl/α,β-unsaturated/α-hetero) is 1. The standard InChI is InChI=1S/C10H11NO2S2/c1-4-15(13)10-9(7(3)12)6(2)8(5-11)14-10/h4H2,1-3H3. The van der Waals surface area contributed by atoms with E-state index in [0.29, 0.717) is 26.0 Å². The Bertz CT molecular complexity index is 469. The predicted molar refractivity (Wildman–Crippen MR) is 60.7 cm³/mol. The molecule has 0 fully saturated rings. The lowest BCUT2D eigenvalue weighted by Gasteiger charge is -1.98. The van der Waals surface area contributed by atoms with Crippen LogP contribution in [0.15, 0.2) is 4.21 Å². The number of hydrogen-bond donors (Lipinski definition) is 0. The molecule has 0 saturated heterocycles. The molecule has 3 nitrogen and oxygen atoms in total. The highest BCUT2D eigenvalue weighted by atomic mass is 32.2. The molecule has 0 aromatic carbocycles. The smallest absolute Gasteiger partial charge is 0.162 e. The first-order chi connectivity index (χ1) is 7.02. The van der Waals surface area contributed by atoms with E-state index in [-0.39, 0.29) is 5.78 Å². The minimum atomic E-state index is -1.17. The van der Waals surface area contributed by atoms with Gasteiger partial charge in [0.25, 0.3) is 0 Å². The normalized spacial score (nSPS) is 12.1. The van der Waals surface area contributed by atoms with Gasteiger partial charge in [0.1, 0.15) is 15.2 Å². The molecule has 0 radical (unpaired) electrons. The van der Waals surface area contributed by atoms with Gasteiger partial charge in [-0.15, -0.1) is 11.3 Å². The largest absolute Gasteiger partial charge is 0.294 e. The SMILES string of the molecule is CCS(=O)c1sc(C#N)c(C)c1C(C)=O. The molecule has 0 amide bonds. The quantitative estimate of drug-likeness (QED) is 0.763. The Kier molecular flexibility index (Phi) is 3.77. The highest BCUT2D eigenvalue weighted by molar-refractivity contribution is 7.87. The summed E-state index contributed by atoms with van der Waals surface area (Å²) >= 11 is 1.17. The number of rotatable bonds is 3. The number of hydrogen-bond acceptors (Lipinski definition) is 4. The molecule has 0 saturated carbocycles. The Balaban J connectivity index is 3.46. The summed E-state index contributed by atoms with van der Waals surface area (Å²) < 4.78 is 12.2. The summed E-state index contributed by atoms with van der Waals surface area (Å²) in [7, 11) is -1.17. The molecule has 1 rings (SSSR count). The van der Waals surface area contributed by atoms with Crippen LogP contribution in [0, 0.1) is 18.3 Å². The zero-order chi connectivity index (χ0) is 11.6. The molecule has 15 heavy (non-hydrogen) atoms. The minimum Gasteiger partial charge on any atom is -0.294 e. The molecular formula is C10H11NO2S2. The zero-order valence-electron chi connectivity index (χ0n) is 8.79. The van der Waals surface area contributed by atoms with Crippen LogP contribution in [0.2, 0.25) is 0 Å². The van der Waals surface area contributed by atoms with Crippen LogP contribution in [0.1, 0.15) is 34.6 Å². The maximum atomic E-state index is 11.7. The van der Waals surface area contributed by atoms with Gasteiger partial charge in [-0.05, 0) is 19.4 Å². The van der Waals surface area contributed by atoms with Crippen LogP contribution in [0.25, 0.3) is 0 Å². The van der Waals surface area contributed by atoms with E-state index < -0.39 is 10.8 Å². The van der Waals surface area contributed by atoms with E-state index in [1.54, 1.807) is 13.8 Å². The Labute approximate surface area is 95.2 Å². The lowest BCUT2D eigenvalue weighted by molar-refractivity contribution is 0.101. The molecule has 1 atom stereocenters. The Morgan fingerprint density at radius 3 is 2.60 bits per heavy atom. The van der Waals surface area contributed by atoms with Gasteiger partial charge in [-0.25, -0.2) is 0 Å². The summed E-state index contributed by atoms with van der Waals surface area (Å²) in [4.78, 5) is 11.9. The molecule has 80 valence electrons. The van der Waals surface area contributed by atoms with Gasteiger partial charge in [0.2, 0.25) is 0 Å². The molecule has 1 aromatic heterocycles. The van der Waals surface area contributed by atoms with E-state index >= 15 is 0 Å². The van der Waals surface area contributed by atoms with Gasteiger partial charge >= 0.3 is 0 Å². The number of carbonyl (C=O) groups is 1. The molecule has 0 bridgehead atoms. The van der Waals surface area contributed by atoms with E-state index in [1.165, 1.54) is 18.3 Å². The van der Waals surface area contributed by atoms with Gasteiger partial charge in [0.05, 0.1) is 10.8 Å². The van der Waals surface area contributed by atoms with Crippen molar-refractivity contribution in [1.82, 2.24) is 0 Å². The first-order valence-corrected chi connectivity index (χ1v) is 6.59. The maximum Gasteiger partial charge on any atom is 0.162 e. The topological polar surface area (TPSA) is 57.9 Å². The fourth-order valence-corrected chi connectivity index (χ4v) is 3.94. The predicted octanol–water partition coefficient (Wildman–Crippen LogP) is 2.26. The zero-order valence-corrected chi connectivity index (χ0v) is 10.4. The molecular weight excluding hydrogens is 230 g/mol. The summed E-state index contributed by atoms with van der Waals surface area (Å²) in [5.74, 6) is 0.340. The number of nitriles is 1. The molecule has 1 heterocycles. The maximum absolute atomic E-state index is 11.7. The Morgan fingerprint density at radius 1 is 1.60 bits per heavy atom. The first-order valence-electron chi connectivity index (χ1n) is 4.45. The van der Waals surface area contributed by atoms with Crippen molar-refractivity contribution >= 4 is 27.9 Å². The van der Waals surface area contributed by atoms with Gasteiger partial charge in [-0.2, -0.15) is 5.26 Å². The van der Waals surface area contributed by atoms with Gasteiger partial charge in [0.15, 0.2) is 5.78 Å². The number of thiophene rings is 1. The molecule has 1 aromatic rings. The minimum absolute atomic E-state index is 0.123. The molecule has 0 aliphatic carbocycles. The number of nitrogens with zero attached hydrogens (tertiary/aromatic N) is 1. The second kappa shape index (κ2) is 4.69. The lowest BCUT2D eigenvalue weighted by Crippen LogP contribution is -2.01. The number of carbonyl (C=O) groups excluding carboxylic acids is 1. The van der Waals surface area contributed by atoms with E-state index in [2.05, 4.69) is 0 Å².